The summed E-state index contributed by atoms with van der Waals surface area (Å²) in [4.78, 5) is 31.2. The lowest BCUT2D eigenvalue weighted by molar-refractivity contribution is 0.101. The van der Waals surface area contributed by atoms with Crippen LogP contribution in [0.5, 0.6) is 11.6 Å². The van der Waals surface area contributed by atoms with Crippen molar-refractivity contribution < 1.29 is 19.1 Å². The molecule has 0 saturated carbocycles. The predicted molar refractivity (Wildman–Crippen MR) is 85.7 cm³/mol. The van der Waals surface area contributed by atoms with Gasteiger partial charge in [-0.05, 0) is 13.0 Å². The van der Waals surface area contributed by atoms with Crippen LogP contribution < -0.4 is 9.47 Å². The van der Waals surface area contributed by atoms with Crippen LogP contribution in [0.25, 0.3) is 5.65 Å². The number of Topliss-reactive ketones (excluding diaryl/α,β-unsaturated/α-hetero) is 1. The zero-order valence-electron chi connectivity index (χ0n) is 13.2. The zero-order chi connectivity index (χ0) is 17.1. The van der Waals surface area contributed by atoms with E-state index in [1.54, 1.807) is 29.1 Å². The lowest BCUT2D eigenvalue weighted by atomic mass is 10.1. The van der Waals surface area contributed by atoms with Gasteiger partial charge in [0.05, 0.1) is 18.9 Å². The van der Waals surface area contributed by atoms with Crippen molar-refractivity contribution in [3.8, 4) is 11.6 Å². The first-order valence-corrected chi connectivity index (χ1v) is 7.21. The van der Waals surface area contributed by atoms with Gasteiger partial charge in [-0.1, -0.05) is 0 Å². The Morgan fingerprint density at radius 1 is 1.33 bits per heavy atom. The van der Waals surface area contributed by atoms with E-state index >= 15 is 0 Å². The maximum absolute atomic E-state index is 11.7. The average Bonchev–Trinajstić information content (AvgIpc) is 3.08. The first-order chi connectivity index (χ1) is 11.6. The third-order valence-corrected chi connectivity index (χ3v) is 3.56. The van der Waals surface area contributed by atoms with Crippen LogP contribution in [0, 0.1) is 0 Å². The van der Waals surface area contributed by atoms with Gasteiger partial charge in [0.1, 0.15) is 18.0 Å². The highest BCUT2D eigenvalue weighted by molar-refractivity contribution is 5.94. The van der Waals surface area contributed by atoms with Crippen LogP contribution in [0.2, 0.25) is 0 Å². The highest BCUT2D eigenvalue weighted by atomic mass is 16.5. The Bertz CT molecular complexity index is 917. The molecule has 24 heavy (non-hydrogen) atoms. The van der Waals surface area contributed by atoms with Crippen LogP contribution in [-0.4, -0.2) is 33.5 Å². The minimum atomic E-state index is -0.0495. The van der Waals surface area contributed by atoms with Gasteiger partial charge in [0, 0.05) is 35.8 Å². The fraction of sp³-hybridized carbons (Fsp3) is 0.176. The summed E-state index contributed by atoms with van der Waals surface area (Å²) in [6.45, 7) is 1.65. The number of carbonyl (C=O) groups is 2. The molecule has 3 rings (SSSR count). The first kappa shape index (κ1) is 15.7. The molecule has 0 atom stereocenters. The van der Waals surface area contributed by atoms with Crippen molar-refractivity contribution in [1.82, 2.24) is 14.4 Å². The number of hydrogen-bond donors (Lipinski definition) is 0. The summed E-state index contributed by atoms with van der Waals surface area (Å²) >= 11 is 0. The number of ether oxygens (including phenoxy) is 2. The molecule has 0 fully saturated rings. The number of hydrogen-bond acceptors (Lipinski definition) is 6. The number of fused-ring (bicyclic) bond motifs is 1. The molecule has 3 heterocycles. The van der Waals surface area contributed by atoms with Crippen molar-refractivity contribution in [3.63, 3.8) is 0 Å². The lowest BCUT2D eigenvalue weighted by Crippen LogP contribution is -2.05. The number of imidazole rings is 1. The van der Waals surface area contributed by atoms with Crippen LogP contribution in [0.1, 0.15) is 33.2 Å². The first-order valence-electron chi connectivity index (χ1n) is 7.21. The number of aromatic nitrogens is 3. The molecule has 0 saturated heterocycles. The second kappa shape index (κ2) is 6.49. The Balaban J connectivity index is 1.92. The molecule has 3 aromatic rings. The number of carbonyl (C=O) groups excluding carboxylic acids is 2. The number of nitrogens with zero attached hydrogens (tertiary/aromatic N) is 3. The van der Waals surface area contributed by atoms with E-state index in [0.717, 1.165) is 5.56 Å². The van der Waals surface area contributed by atoms with E-state index in [0.29, 0.717) is 34.7 Å². The fourth-order valence-corrected chi connectivity index (χ4v) is 2.32. The average molecular weight is 325 g/mol. The highest BCUT2D eigenvalue weighted by Gasteiger charge is 2.11. The quantitative estimate of drug-likeness (QED) is 0.511. The Hall–Kier alpha value is -3.22. The molecule has 0 spiro atoms. The number of ketones is 1. The summed E-state index contributed by atoms with van der Waals surface area (Å²) in [6, 6.07) is 3.24. The molecule has 0 aliphatic rings. The molecule has 0 unspecified atom stereocenters. The van der Waals surface area contributed by atoms with E-state index in [9.17, 15) is 9.59 Å². The molecule has 0 N–H and O–H groups in total. The normalized spacial score (nSPS) is 10.6. The van der Waals surface area contributed by atoms with Crippen molar-refractivity contribution in [2.45, 2.75) is 13.5 Å². The van der Waals surface area contributed by atoms with Gasteiger partial charge < -0.3 is 13.9 Å². The minimum absolute atomic E-state index is 0.0495. The van der Waals surface area contributed by atoms with Crippen molar-refractivity contribution in [2.75, 3.05) is 7.11 Å². The van der Waals surface area contributed by atoms with Crippen LogP contribution in [-0.2, 0) is 6.61 Å². The van der Waals surface area contributed by atoms with Crippen LogP contribution in [0.4, 0.5) is 0 Å². The number of rotatable bonds is 6. The standard InChI is InChI=1S/C17H15N3O4/c1-11(22)12-5-14(17-18-3-4-20(17)8-12)10-24-15-7-19-16(23-2)6-13(15)9-21/h3-9H,10H2,1-2H3. The molecular formula is C17H15N3O4. The van der Waals surface area contributed by atoms with E-state index < -0.39 is 0 Å². The number of aldehydes is 1. The Kier molecular flexibility index (Phi) is 4.24. The molecule has 0 aliphatic heterocycles. The third kappa shape index (κ3) is 2.96. The monoisotopic (exact) mass is 325 g/mol. The van der Waals surface area contributed by atoms with Crippen LogP contribution in [0.15, 0.2) is 36.9 Å². The summed E-state index contributed by atoms with van der Waals surface area (Å²) in [7, 11) is 1.47. The van der Waals surface area contributed by atoms with Gasteiger partial charge in [-0.2, -0.15) is 0 Å². The topological polar surface area (TPSA) is 82.8 Å². The minimum Gasteiger partial charge on any atom is -0.486 e. The molecule has 3 aromatic heterocycles. The molecule has 0 aromatic carbocycles. The van der Waals surface area contributed by atoms with E-state index in [1.807, 2.05) is 0 Å². The molecular weight excluding hydrogens is 310 g/mol. The van der Waals surface area contributed by atoms with Gasteiger partial charge >= 0.3 is 0 Å². The number of pyridine rings is 2. The maximum atomic E-state index is 11.7. The Morgan fingerprint density at radius 2 is 2.17 bits per heavy atom. The van der Waals surface area contributed by atoms with Gasteiger partial charge in [0.2, 0.25) is 5.88 Å². The summed E-state index contributed by atoms with van der Waals surface area (Å²) < 4.78 is 12.5. The summed E-state index contributed by atoms with van der Waals surface area (Å²) in [5.74, 6) is 0.619. The third-order valence-electron chi connectivity index (χ3n) is 3.56. The highest BCUT2D eigenvalue weighted by Crippen LogP contribution is 2.22. The zero-order valence-corrected chi connectivity index (χ0v) is 13.2. The Morgan fingerprint density at radius 3 is 2.88 bits per heavy atom. The van der Waals surface area contributed by atoms with Gasteiger partial charge in [0.25, 0.3) is 0 Å². The van der Waals surface area contributed by atoms with Crippen molar-refractivity contribution >= 4 is 17.7 Å². The second-order valence-electron chi connectivity index (χ2n) is 5.14. The van der Waals surface area contributed by atoms with Crippen LogP contribution >= 0.6 is 0 Å². The van der Waals surface area contributed by atoms with Gasteiger partial charge in [-0.15, -0.1) is 0 Å². The smallest absolute Gasteiger partial charge is 0.213 e. The second-order valence-corrected chi connectivity index (χ2v) is 5.14. The summed E-state index contributed by atoms with van der Waals surface area (Å²) in [6.07, 6.45) is 7.24. The molecule has 0 radical (unpaired) electrons. The van der Waals surface area contributed by atoms with Gasteiger partial charge in [-0.3, -0.25) is 9.59 Å². The fourth-order valence-electron chi connectivity index (χ4n) is 2.32. The Labute approximate surface area is 137 Å². The molecule has 122 valence electrons. The van der Waals surface area contributed by atoms with E-state index in [1.165, 1.54) is 26.3 Å². The van der Waals surface area contributed by atoms with Crippen molar-refractivity contribution in [3.05, 3.63) is 53.6 Å². The maximum Gasteiger partial charge on any atom is 0.213 e. The van der Waals surface area contributed by atoms with Crippen LogP contribution in [0.3, 0.4) is 0 Å². The summed E-state index contributed by atoms with van der Waals surface area (Å²) in [5, 5.41) is 0. The molecule has 0 amide bonds. The largest absolute Gasteiger partial charge is 0.486 e. The van der Waals surface area contributed by atoms with E-state index in [2.05, 4.69) is 9.97 Å². The van der Waals surface area contributed by atoms with E-state index in [4.69, 9.17) is 9.47 Å². The van der Waals surface area contributed by atoms with Crippen molar-refractivity contribution in [1.29, 1.82) is 0 Å². The van der Waals surface area contributed by atoms with Crippen molar-refractivity contribution in [2.24, 2.45) is 0 Å². The van der Waals surface area contributed by atoms with Gasteiger partial charge in [0.15, 0.2) is 12.1 Å². The lowest BCUT2D eigenvalue weighted by Gasteiger charge is -2.11. The molecule has 7 nitrogen and oxygen atoms in total. The molecule has 0 bridgehead atoms. The molecule has 0 aliphatic carbocycles. The van der Waals surface area contributed by atoms with E-state index in [-0.39, 0.29) is 12.4 Å². The SMILES string of the molecule is COc1cc(C=O)c(OCc2cc(C(C)=O)cn3ccnc23)cn1. The summed E-state index contributed by atoms with van der Waals surface area (Å²) in [5.41, 5.74) is 2.32. The predicted octanol–water partition coefficient (Wildman–Crippen LogP) is 2.33. The molecule has 7 heteroatoms. The van der Waals surface area contributed by atoms with Gasteiger partial charge in [-0.25, -0.2) is 9.97 Å². The number of methoxy groups -OCH3 is 1.